The van der Waals surface area contributed by atoms with E-state index in [9.17, 15) is 4.79 Å². The Bertz CT molecular complexity index is 654. The van der Waals surface area contributed by atoms with Crippen molar-refractivity contribution in [2.45, 2.75) is 45.6 Å². The first kappa shape index (κ1) is 13.2. The predicted molar refractivity (Wildman–Crippen MR) is 78.1 cm³/mol. The summed E-state index contributed by atoms with van der Waals surface area (Å²) in [5.41, 5.74) is 2.16. The second-order valence-electron chi connectivity index (χ2n) is 6.02. The largest absolute Gasteiger partial charge is 0.478 e. The van der Waals surface area contributed by atoms with E-state index in [1.807, 2.05) is 6.07 Å². The number of rotatable bonds is 5. The van der Waals surface area contributed by atoms with E-state index in [-0.39, 0.29) is 0 Å². The smallest absolute Gasteiger partial charge is 0.335 e. The summed E-state index contributed by atoms with van der Waals surface area (Å²) < 4.78 is 2.27. The average molecular weight is 272 g/mol. The lowest BCUT2D eigenvalue weighted by atomic mass is 10.2. The minimum absolute atomic E-state index is 0.305. The van der Waals surface area contributed by atoms with E-state index in [1.54, 1.807) is 12.1 Å². The van der Waals surface area contributed by atoms with Gasteiger partial charge >= 0.3 is 5.97 Å². The Hall–Kier alpha value is -1.84. The van der Waals surface area contributed by atoms with Crippen LogP contribution in [0.5, 0.6) is 0 Å². The van der Waals surface area contributed by atoms with Crippen molar-refractivity contribution < 1.29 is 9.90 Å². The Morgan fingerprint density at radius 1 is 1.45 bits per heavy atom. The average Bonchev–Trinajstić information content (AvgIpc) is 3.15. The molecule has 4 nitrogen and oxygen atoms in total. The predicted octanol–water partition coefficient (Wildman–Crippen LogP) is 3.66. The van der Waals surface area contributed by atoms with Crippen molar-refractivity contribution in [2.24, 2.45) is 5.92 Å². The molecule has 1 aliphatic carbocycles. The molecule has 0 unspecified atom stereocenters. The highest BCUT2D eigenvalue weighted by Crippen LogP contribution is 2.34. The Kier molecular flexibility index (Phi) is 3.24. The third kappa shape index (κ3) is 2.42. The van der Waals surface area contributed by atoms with Crippen molar-refractivity contribution in [1.29, 1.82) is 0 Å². The molecule has 0 aliphatic heterocycles. The lowest BCUT2D eigenvalue weighted by Crippen LogP contribution is -2.06. The van der Waals surface area contributed by atoms with Gasteiger partial charge in [0.25, 0.3) is 0 Å². The van der Waals surface area contributed by atoms with Crippen LogP contribution in [0.25, 0.3) is 11.0 Å². The highest BCUT2D eigenvalue weighted by Gasteiger charge is 2.22. The molecule has 0 bridgehead atoms. The molecule has 1 aromatic heterocycles. The topological polar surface area (TPSA) is 55.1 Å². The number of hydrogen-bond acceptors (Lipinski definition) is 2. The van der Waals surface area contributed by atoms with Crippen LogP contribution < -0.4 is 0 Å². The number of carboxylic acid groups (broad SMARTS) is 1. The van der Waals surface area contributed by atoms with Gasteiger partial charge in [-0.2, -0.15) is 0 Å². The Balaban J connectivity index is 2.03. The molecule has 1 fully saturated rings. The highest BCUT2D eigenvalue weighted by molar-refractivity contribution is 5.92. The summed E-state index contributed by atoms with van der Waals surface area (Å²) in [5, 5.41) is 9.08. The van der Waals surface area contributed by atoms with E-state index in [0.717, 1.165) is 29.3 Å². The molecule has 4 heteroatoms. The maximum absolute atomic E-state index is 11.1. The van der Waals surface area contributed by atoms with Gasteiger partial charge in [-0.05, 0) is 30.5 Å². The number of aryl methyl sites for hydroxylation is 1. The van der Waals surface area contributed by atoms with Gasteiger partial charge in [-0.15, -0.1) is 0 Å². The lowest BCUT2D eigenvalue weighted by Gasteiger charge is -2.11. The summed E-state index contributed by atoms with van der Waals surface area (Å²) in [4.78, 5) is 15.7. The van der Waals surface area contributed by atoms with Crippen molar-refractivity contribution >= 4 is 17.0 Å². The summed E-state index contributed by atoms with van der Waals surface area (Å²) in [6.07, 6.45) is 3.91. The van der Waals surface area contributed by atoms with Crippen molar-refractivity contribution in [3.05, 3.63) is 29.6 Å². The van der Waals surface area contributed by atoms with E-state index < -0.39 is 5.97 Å². The van der Waals surface area contributed by atoms with E-state index in [4.69, 9.17) is 5.11 Å². The quantitative estimate of drug-likeness (QED) is 0.903. The first-order valence-electron chi connectivity index (χ1n) is 7.29. The van der Waals surface area contributed by atoms with Gasteiger partial charge in [0, 0.05) is 12.5 Å². The van der Waals surface area contributed by atoms with Gasteiger partial charge in [0.05, 0.1) is 16.6 Å². The number of fused-ring (bicyclic) bond motifs is 1. The van der Waals surface area contributed by atoms with E-state index in [1.165, 1.54) is 19.3 Å². The number of aromatic carboxylic acids is 1. The summed E-state index contributed by atoms with van der Waals surface area (Å²) >= 11 is 0. The molecule has 1 saturated carbocycles. The maximum Gasteiger partial charge on any atom is 0.335 e. The Morgan fingerprint density at radius 3 is 2.80 bits per heavy atom. The monoisotopic (exact) mass is 272 g/mol. The van der Waals surface area contributed by atoms with Gasteiger partial charge in [0.2, 0.25) is 0 Å². The molecule has 1 aromatic carbocycles. The molecule has 106 valence electrons. The van der Waals surface area contributed by atoms with Crippen LogP contribution in [-0.4, -0.2) is 20.6 Å². The van der Waals surface area contributed by atoms with Gasteiger partial charge in [-0.1, -0.05) is 26.7 Å². The fourth-order valence-electron chi connectivity index (χ4n) is 2.68. The normalized spacial score (nSPS) is 15.2. The number of nitrogens with zero attached hydrogens (tertiary/aromatic N) is 2. The fourth-order valence-corrected chi connectivity index (χ4v) is 2.68. The van der Waals surface area contributed by atoms with Crippen LogP contribution in [0.2, 0.25) is 0 Å². The van der Waals surface area contributed by atoms with Crippen molar-refractivity contribution in [3.63, 3.8) is 0 Å². The second-order valence-corrected chi connectivity index (χ2v) is 6.02. The number of imidazole rings is 1. The molecular formula is C16H20N2O2. The van der Waals surface area contributed by atoms with E-state index in [0.29, 0.717) is 11.5 Å². The molecule has 20 heavy (non-hydrogen) atoms. The van der Waals surface area contributed by atoms with E-state index >= 15 is 0 Å². The zero-order valence-electron chi connectivity index (χ0n) is 12.0. The lowest BCUT2D eigenvalue weighted by molar-refractivity contribution is 0.0697. The molecule has 3 rings (SSSR count). The fraction of sp³-hybridized carbons (Fsp3) is 0.500. The van der Waals surface area contributed by atoms with Gasteiger partial charge < -0.3 is 9.67 Å². The molecular weight excluding hydrogens is 252 g/mol. The molecule has 1 N–H and O–H groups in total. The zero-order chi connectivity index (χ0) is 14.3. The summed E-state index contributed by atoms with van der Waals surface area (Å²) in [5.74, 6) is 1.38. The Morgan fingerprint density at radius 2 is 2.20 bits per heavy atom. The Labute approximate surface area is 118 Å². The van der Waals surface area contributed by atoms with E-state index in [2.05, 4.69) is 23.4 Å². The number of hydrogen-bond donors (Lipinski definition) is 1. The van der Waals surface area contributed by atoms with Crippen LogP contribution >= 0.6 is 0 Å². The van der Waals surface area contributed by atoms with Crippen LogP contribution in [-0.2, 0) is 6.54 Å². The van der Waals surface area contributed by atoms with Crippen molar-refractivity contribution in [2.75, 3.05) is 0 Å². The van der Waals surface area contributed by atoms with Crippen LogP contribution in [0.1, 0.15) is 55.2 Å². The number of aromatic nitrogens is 2. The highest BCUT2D eigenvalue weighted by atomic mass is 16.4. The molecule has 0 amide bonds. The first-order valence-corrected chi connectivity index (χ1v) is 7.29. The summed E-state index contributed by atoms with van der Waals surface area (Å²) in [7, 11) is 0. The number of benzene rings is 1. The first-order chi connectivity index (χ1) is 9.56. The third-order valence-electron chi connectivity index (χ3n) is 4.00. The molecule has 0 radical (unpaired) electrons. The van der Waals surface area contributed by atoms with Crippen molar-refractivity contribution in [3.8, 4) is 0 Å². The molecule has 0 spiro atoms. The molecule has 0 saturated heterocycles. The summed E-state index contributed by atoms with van der Waals surface area (Å²) in [6.45, 7) is 5.25. The summed E-state index contributed by atoms with van der Waals surface area (Å²) in [6, 6.07) is 5.24. The molecule has 1 aliphatic rings. The van der Waals surface area contributed by atoms with Gasteiger partial charge in [-0.3, -0.25) is 0 Å². The maximum atomic E-state index is 11.1. The van der Waals surface area contributed by atoms with Gasteiger partial charge in [-0.25, -0.2) is 9.78 Å². The third-order valence-corrected chi connectivity index (χ3v) is 4.00. The zero-order valence-corrected chi connectivity index (χ0v) is 12.0. The van der Waals surface area contributed by atoms with Crippen LogP contribution in [0, 0.1) is 5.92 Å². The van der Waals surface area contributed by atoms with Gasteiger partial charge in [0.1, 0.15) is 5.82 Å². The molecule has 1 heterocycles. The molecule has 2 aromatic rings. The number of carbonyl (C=O) groups is 1. The van der Waals surface area contributed by atoms with Crippen molar-refractivity contribution in [1.82, 2.24) is 9.55 Å². The SMILES string of the molecule is CC(C)c1nc2cc(C(=O)O)ccc2n1CCC1CC1. The van der Waals surface area contributed by atoms with Gasteiger partial charge in [0.15, 0.2) is 0 Å². The second kappa shape index (κ2) is 4.93. The van der Waals surface area contributed by atoms with Crippen LogP contribution in [0.4, 0.5) is 0 Å². The molecule has 0 atom stereocenters. The van der Waals surface area contributed by atoms with Crippen LogP contribution in [0.15, 0.2) is 18.2 Å². The number of carboxylic acids is 1. The minimum atomic E-state index is -0.898. The minimum Gasteiger partial charge on any atom is -0.478 e. The van der Waals surface area contributed by atoms with Crippen LogP contribution in [0.3, 0.4) is 0 Å². The standard InChI is InChI=1S/C16H20N2O2/c1-10(2)15-17-13-9-12(16(19)20)5-6-14(13)18(15)8-7-11-3-4-11/h5-6,9-11H,3-4,7-8H2,1-2H3,(H,19,20).